The highest BCUT2D eigenvalue weighted by molar-refractivity contribution is 5.48. The quantitative estimate of drug-likeness (QED) is 0.765. The molecule has 2 aromatic heterocycles. The molecule has 3 heterocycles. The van der Waals surface area contributed by atoms with Crippen molar-refractivity contribution in [1.29, 1.82) is 5.26 Å². The van der Waals surface area contributed by atoms with Crippen molar-refractivity contribution < 1.29 is 4.74 Å². The Labute approximate surface area is 165 Å². The van der Waals surface area contributed by atoms with Gasteiger partial charge >= 0.3 is 0 Å². The Morgan fingerprint density at radius 1 is 1.14 bits per heavy atom. The predicted molar refractivity (Wildman–Crippen MR) is 105 cm³/mol. The van der Waals surface area contributed by atoms with Crippen LogP contribution in [0.3, 0.4) is 0 Å². The number of pyridine rings is 1. The number of nitriles is 1. The summed E-state index contributed by atoms with van der Waals surface area (Å²) in [5, 5.41) is 9.32. The molecule has 0 spiro atoms. The monoisotopic (exact) mass is 375 g/mol. The van der Waals surface area contributed by atoms with Gasteiger partial charge in [-0.25, -0.2) is 4.98 Å². The first-order valence-corrected chi connectivity index (χ1v) is 10.4. The molecule has 144 valence electrons. The Balaban J connectivity index is 1.21. The smallest absolute Gasteiger partial charge is 0.235 e. The SMILES string of the molecule is N#Cc1cnc(C2CC2)nc1OC[C@H]1CCN(c2ccnc(C3CCC3)c2)C1. The largest absolute Gasteiger partial charge is 0.476 e. The third-order valence-corrected chi connectivity index (χ3v) is 6.23. The molecule has 28 heavy (non-hydrogen) atoms. The fraction of sp³-hybridized carbons (Fsp3) is 0.545. The second kappa shape index (κ2) is 7.38. The molecule has 2 aromatic rings. The molecule has 0 bridgehead atoms. The molecule has 6 nitrogen and oxygen atoms in total. The van der Waals surface area contributed by atoms with Crippen molar-refractivity contribution in [3.8, 4) is 11.9 Å². The van der Waals surface area contributed by atoms with Gasteiger partial charge in [-0.2, -0.15) is 10.2 Å². The van der Waals surface area contributed by atoms with Gasteiger partial charge in [0.25, 0.3) is 0 Å². The molecule has 0 amide bonds. The van der Waals surface area contributed by atoms with Gasteiger partial charge in [0.1, 0.15) is 17.5 Å². The lowest BCUT2D eigenvalue weighted by molar-refractivity contribution is 0.250. The highest BCUT2D eigenvalue weighted by Crippen LogP contribution is 2.39. The summed E-state index contributed by atoms with van der Waals surface area (Å²) < 4.78 is 5.99. The Hall–Kier alpha value is -2.68. The van der Waals surface area contributed by atoms with Crippen molar-refractivity contribution in [3.05, 3.63) is 41.6 Å². The first kappa shape index (κ1) is 17.4. The Morgan fingerprint density at radius 3 is 2.79 bits per heavy atom. The number of anilines is 1. The van der Waals surface area contributed by atoms with Crippen molar-refractivity contribution in [3.63, 3.8) is 0 Å². The summed E-state index contributed by atoms with van der Waals surface area (Å²) in [5.41, 5.74) is 2.95. The van der Waals surface area contributed by atoms with E-state index in [1.807, 2.05) is 6.20 Å². The molecule has 2 saturated carbocycles. The number of hydrogen-bond acceptors (Lipinski definition) is 6. The number of nitrogens with zero attached hydrogens (tertiary/aromatic N) is 5. The lowest BCUT2D eigenvalue weighted by Gasteiger charge is -2.26. The molecule has 1 aliphatic heterocycles. The van der Waals surface area contributed by atoms with Crippen LogP contribution in [0.4, 0.5) is 5.69 Å². The second-order valence-corrected chi connectivity index (χ2v) is 8.31. The number of rotatable bonds is 6. The van der Waals surface area contributed by atoms with Gasteiger partial charge in [-0.1, -0.05) is 6.42 Å². The number of hydrogen-bond donors (Lipinski definition) is 0. The first-order valence-electron chi connectivity index (χ1n) is 10.4. The molecule has 6 heteroatoms. The minimum absolute atomic E-state index is 0.429. The van der Waals surface area contributed by atoms with Gasteiger partial charge in [-0.15, -0.1) is 0 Å². The molecule has 5 rings (SSSR count). The van der Waals surface area contributed by atoms with Gasteiger partial charge in [-0.05, 0) is 44.2 Å². The molecule has 3 fully saturated rings. The zero-order valence-electron chi connectivity index (χ0n) is 16.0. The Morgan fingerprint density at radius 2 is 2.04 bits per heavy atom. The fourth-order valence-corrected chi connectivity index (χ4v) is 4.06. The van der Waals surface area contributed by atoms with E-state index in [-0.39, 0.29) is 0 Å². The summed E-state index contributed by atoms with van der Waals surface area (Å²) in [6, 6.07) is 6.54. The van der Waals surface area contributed by atoms with Crippen LogP contribution in [0.5, 0.6) is 5.88 Å². The molecule has 1 atom stereocenters. The number of aromatic nitrogens is 3. The third kappa shape index (κ3) is 3.54. The summed E-state index contributed by atoms with van der Waals surface area (Å²) in [4.78, 5) is 15.8. The summed E-state index contributed by atoms with van der Waals surface area (Å²) in [5.74, 6) is 2.82. The maximum Gasteiger partial charge on any atom is 0.235 e. The lowest BCUT2D eigenvalue weighted by Crippen LogP contribution is -2.22. The van der Waals surface area contributed by atoms with Crippen LogP contribution in [-0.4, -0.2) is 34.6 Å². The molecule has 3 aliphatic rings. The summed E-state index contributed by atoms with van der Waals surface area (Å²) >= 11 is 0. The normalized spacial score (nSPS) is 22.0. The second-order valence-electron chi connectivity index (χ2n) is 8.31. The fourth-order valence-electron chi connectivity index (χ4n) is 4.06. The van der Waals surface area contributed by atoms with Crippen molar-refractivity contribution >= 4 is 5.69 Å². The molecule has 0 radical (unpaired) electrons. The molecule has 1 saturated heterocycles. The van der Waals surface area contributed by atoms with Crippen LogP contribution in [0.15, 0.2) is 24.5 Å². The van der Waals surface area contributed by atoms with Gasteiger partial charge in [0, 0.05) is 48.4 Å². The minimum atomic E-state index is 0.429. The molecule has 0 unspecified atom stereocenters. The van der Waals surface area contributed by atoms with Crippen LogP contribution in [-0.2, 0) is 0 Å². The van der Waals surface area contributed by atoms with E-state index in [0.717, 1.165) is 38.2 Å². The highest BCUT2D eigenvalue weighted by atomic mass is 16.5. The van der Waals surface area contributed by atoms with Crippen LogP contribution < -0.4 is 9.64 Å². The molecule has 0 aromatic carbocycles. The summed E-state index contributed by atoms with van der Waals surface area (Å²) in [6.45, 7) is 2.59. The highest BCUT2D eigenvalue weighted by Gasteiger charge is 2.29. The van der Waals surface area contributed by atoms with Gasteiger partial charge in [0.05, 0.1) is 12.8 Å². The van der Waals surface area contributed by atoms with Crippen molar-refractivity contribution in [2.24, 2.45) is 5.92 Å². The van der Waals surface area contributed by atoms with Crippen LogP contribution in [0.2, 0.25) is 0 Å². The van der Waals surface area contributed by atoms with Gasteiger partial charge in [-0.3, -0.25) is 4.98 Å². The van der Waals surface area contributed by atoms with Crippen LogP contribution in [0, 0.1) is 17.2 Å². The number of ether oxygens (including phenoxy) is 1. The Kier molecular flexibility index (Phi) is 4.59. The van der Waals surface area contributed by atoms with E-state index in [9.17, 15) is 5.26 Å². The molecule has 0 N–H and O–H groups in total. The van der Waals surface area contributed by atoms with Gasteiger partial charge in [0.15, 0.2) is 0 Å². The average Bonchev–Trinajstić information content (AvgIpc) is 3.43. The average molecular weight is 375 g/mol. The van der Waals surface area contributed by atoms with Crippen LogP contribution in [0.1, 0.15) is 67.4 Å². The molecule has 2 aliphatic carbocycles. The van der Waals surface area contributed by atoms with E-state index < -0.39 is 0 Å². The zero-order valence-corrected chi connectivity index (χ0v) is 16.0. The third-order valence-electron chi connectivity index (χ3n) is 6.23. The van der Waals surface area contributed by atoms with Crippen molar-refractivity contribution in [2.45, 2.75) is 50.4 Å². The van der Waals surface area contributed by atoms with Gasteiger partial charge in [0.2, 0.25) is 5.88 Å². The van der Waals surface area contributed by atoms with E-state index in [2.05, 4.69) is 38.1 Å². The minimum Gasteiger partial charge on any atom is -0.476 e. The van der Waals surface area contributed by atoms with Crippen molar-refractivity contribution in [1.82, 2.24) is 15.0 Å². The molecular weight excluding hydrogens is 350 g/mol. The maximum absolute atomic E-state index is 9.32. The van der Waals surface area contributed by atoms with E-state index in [0.29, 0.717) is 35.8 Å². The van der Waals surface area contributed by atoms with E-state index in [1.165, 1.54) is 30.6 Å². The van der Waals surface area contributed by atoms with E-state index >= 15 is 0 Å². The summed E-state index contributed by atoms with van der Waals surface area (Å²) in [6.07, 6.45) is 10.8. The van der Waals surface area contributed by atoms with E-state index in [4.69, 9.17) is 4.74 Å². The Bertz CT molecular complexity index is 900. The van der Waals surface area contributed by atoms with Crippen molar-refractivity contribution in [2.75, 3.05) is 24.6 Å². The topological polar surface area (TPSA) is 74.9 Å². The molecular formula is C22H25N5O. The lowest BCUT2D eigenvalue weighted by atomic mass is 9.82. The predicted octanol–water partition coefficient (Wildman–Crippen LogP) is 3.79. The van der Waals surface area contributed by atoms with Crippen LogP contribution >= 0.6 is 0 Å². The van der Waals surface area contributed by atoms with E-state index in [1.54, 1.807) is 6.20 Å². The standard InChI is InChI=1S/C22H25N5O/c23-11-18-12-25-21(17-4-5-17)26-22(18)28-14-15-7-9-27(13-15)19-6-8-24-20(10-19)16-2-1-3-16/h6,8,10,12,15-17H,1-5,7,9,13-14H2/t15-/m0/s1. The van der Waals surface area contributed by atoms with Crippen LogP contribution in [0.25, 0.3) is 0 Å². The summed E-state index contributed by atoms with van der Waals surface area (Å²) in [7, 11) is 0. The first-order chi connectivity index (χ1) is 13.8. The van der Waals surface area contributed by atoms with Gasteiger partial charge < -0.3 is 9.64 Å². The zero-order chi connectivity index (χ0) is 18.9. The maximum atomic E-state index is 9.32.